The van der Waals surface area contributed by atoms with Crippen molar-refractivity contribution in [2.75, 3.05) is 7.11 Å². The number of halogens is 3. The monoisotopic (exact) mass is 426 g/mol. The summed E-state index contributed by atoms with van der Waals surface area (Å²) >= 11 is 0. The minimum absolute atomic E-state index is 0.0664. The number of ether oxygens (including phenoxy) is 1. The van der Waals surface area contributed by atoms with E-state index in [-0.39, 0.29) is 23.6 Å². The van der Waals surface area contributed by atoms with E-state index >= 15 is 0 Å². The van der Waals surface area contributed by atoms with Gasteiger partial charge in [0.25, 0.3) is 5.91 Å². The number of benzene rings is 2. The second-order valence-corrected chi connectivity index (χ2v) is 6.72. The van der Waals surface area contributed by atoms with E-state index in [1.807, 2.05) is 0 Å². The Morgan fingerprint density at radius 2 is 1.77 bits per heavy atom. The van der Waals surface area contributed by atoms with Crippen LogP contribution in [0.2, 0.25) is 0 Å². The molecule has 0 aliphatic heterocycles. The topological polar surface area (TPSA) is 68.5 Å². The summed E-state index contributed by atoms with van der Waals surface area (Å²) in [4.78, 5) is 16.8. The van der Waals surface area contributed by atoms with Gasteiger partial charge in [-0.25, -0.2) is 9.50 Å². The zero-order chi connectivity index (χ0) is 22.0. The predicted octanol–water partition coefficient (Wildman–Crippen LogP) is 4.35. The fraction of sp³-hybridized carbons (Fsp3) is 0.136. The third-order valence-corrected chi connectivity index (χ3v) is 4.63. The summed E-state index contributed by atoms with van der Waals surface area (Å²) in [6.45, 7) is 0.186. The molecule has 2 aromatic carbocycles. The lowest BCUT2D eigenvalue weighted by Crippen LogP contribution is -2.23. The van der Waals surface area contributed by atoms with Crippen LogP contribution >= 0.6 is 0 Å². The minimum atomic E-state index is -4.67. The van der Waals surface area contributed by atoms with Crippen LogP contribution in [-0.4, -0.2) is 27.6 Å². The Bertz CT molecular complexity index is 1220. The fourth-order valence-corrected chi connectivity index (χ4v) is 3.06. The summed E-state index contributed by atoms with van der Waals surface area (Å²) < 4.78 is 46.7. The van der Waals surface area contributed by atoms with Crippen LogP contribution in [0.25, 0.3) is 16.9 Å². The lowest BCUT2D eigenvalue weighted by Gasteiger charge is -2.10. The molecule has 6 nitrogen and oxygen atoms in total. The van der Waals surface area contributed by atoms with E-state index in [1.165, 1.54) is 6.07 Å². The van der Waals surface area contributed by atoms with Crippen molar-refractivity contribution < 1.29 is 22.7 Å². The molecule has 1 amide bonds. The van der Waals surface area contributed by atoms with Gasteiger partial charge < -0.3 is 10.1 Å². The van der Waals surface area contributed by atoms with Crippen LogP contribution in [0.15, 0.2) is 66.7 Å². The van der Waals surface area contributed by atoms with E-state index in [9.17, 15) is 18.0 Å². The zero-order valence-electron chi connectivity index (χ0n) is 16.3. The largest absolute Gasteiger partial charge is 0.497 e. The summed E-state index contributed by atoms with van der Waals surface area (Å²) in [5.41, 5.74) is 0.247. The standard InChI is InChI=1S/C22H17F3N4O2/c1-31-16-9-7-14(8-10-16)13-26-21(30)18-12-20-27-17(15-5-3-2-4-6-15)11-19(22(23,24)25)29(20)28-18/h2-12H,13H2,1H3,(H,26,30). The van der Waals surface area contributed by atoms with E-state index in [0.29, 0.717) is 15.8 Å². The molecule has 4 rings (SSSR count). The highest BCUT2D eigenvalue weighted by atomic mass is 19.4. The molecule has 0 saturated carbocycles. The van der Waals surface area contributed by atoms with Gasteiger partial charge in [-0.05, 0) is 23.8 Å². The van der Waals surface area contributed by atoms with Gasteiger partial charge in [0.2, 0.25) is 0 Å². The Kier molecular flexibility index (Phi) is 5.33. The molecule has 158 valence electrons. The molecule has 9 heteroatoms. The molecule has 0 spiro atoms. The van der Waals surface area contributed by atoms with Crippen LogP contribution in [0.3, 0.4) is 0 Å². The van der Waals surface area contributed by atoms with Gasteiger partial charge in [0, 0.05) is 18.2 Å². The van der Waals surface area contributed by atoms with E-state index in [4.69, 9.17) is 4.74 Å². The van der Waals surface area contributed by atoms with Crippen LogP contribution in [0.1, 0.15) is 21.7 Å². The Morgan fingerprint density at radius 3 is 2.42 bits per heavy atom. The van der Waals surface area contributed by atoms with Crippen LogP contribution in [0.5, 0.6) is 5.75 Å². The predicted molar refractivity (Wildman–Crippen MR) is 108 cm³/mol. The number of alkyl halides is 3. The quantitative estimate of drug-likeness (QED) is 0.515. The number of nitrogens with zero attached hydrogens (tertiary/aromatic N) is 3. The maximum Gasteiger partial charge on any atom is 0.433 e. The Balaban J connectivity index is 1.65. The van der Waals surface area contributed by atoms with Crippen molar-refractivity contribution in [1.29, 1.82) is 0 Å². The molecule has 0 bridgehead atoms. The summed E-state index contributed by atoms with van der Waals surface area (Å²) in [5.74, 6) is 0.0751. The van der Waals surface area contributed by atoms with Crippen LogP contribution in [0, 0.1) is 0 Å². The van der Waals surface area contributed by atoms with Crippen molar-refractivity contribution in [2.24, 2.45) is 0 Å². The molecular weight excluding hydrogens is 409 g/mol. The van der Waals surface area contributed by atoms with Crippen molar-refractivity contribution in [3.8, 4) is 17.0 Å². The van der Waals surface area contributed by atoms with Crippen LogP contribution in [-0.2, 0) is 12.7 Å². The number of carbonyl (C=O) groups excluding carboxylic acids is 1. The molecule has 1 N–H and O–H groups in total. The van der Waals surface area contributed by atoms with Gasteiger partial charge >= 0.3 is 6.18 Å². The first-order valence-electron chi connectivity index (χ1n) is 9.30. The average Bonchev–Trinajstić information content (AvgIpc) is 3.21. The molecule has 0 unspecified atom stereocenters. The van der Waals surface area contributed by atoms with Gasteiger partial charge in [-0.15, -0.1) is 0 Å². The summed E-state index contributed by atoms with van der Waals surface area (Å²) in [6, 6.07) is 17.7. The lowest BCUT2D eigenvalue weighted by atomic mass is 10.1. The SMILES string of the molecule is COc1ccc(CNC(=O)c2cc3nc(-c4ccccc4)cc(C(F)(F)F)n3n2)cc1. The van der Waals surface area contributed by atoms with Crippen molar-refractivity contribution in [3.63, 3.8) is 0 Å². The second kappa shape index (κ2) is 8.10. The molecule has 0 fully saturated rings. The second-order valence-electron chi connectivity index (χ2n) is 6.72. The number of methoxy groups -OCH3 is 1. The summed E-state index contributed by atoms with van der Waals surface area (Å²) in [7, 11) is 1.55. The van der Waals surface area contributed by atoms with Gasteiger partial charge in [0.1, 0.15) is 5.75 Å². The number of carbonyl (C=O) groups is 1. The molecule has 0 aliphatic rings. The molecule has 2 aromatic heterocycles. The summed E-state index contributed by atoms with van der Waals surface area (Å²) in [6.07, 6.45) is -4.67. The molecule has 0 atom stereocenters. The fourth-order valence-electron chi connectivity index (χ4n) is 3.06. The smallest absolute Gasteiger partial charge is 0.433 e. The Morgan fingerprint density at radius 1 is 1.06 bits per heavy atom. The highest BCUT2D eigenvalue weighted by molar-refractivity contribution is 5.93. The van der Waals surface area contributed by atoms with Gasteiger partial charge in [-0.3, -0.25) is 4.79 Å². The first kappa shape index (κ1) is 20.4. The zero-order valence-corrected chi connectivity index (χ0v) is 16.3. The number of fused-ring (bicyclic) bond motifs is 1. The highest BCUT2D eigenvalue weighted by Gasteiger charge is 2.35. The van der Waals surface area contributed by atoms with Crippen molar-refractivity contribution >= 4 is 11.6 Å². The number of amides is 1. The average molecular weight is 426 g/mol. The van der Waals surface area contributed by atoms with E-state index in [1.54, 1.807) is 61.7 Å². The number of rotatable bonds is 5. The van der Waals surface area contributed by atoms with Crippen molar-refractivity contribution in [3.05, 3.63) is 83.7 Å². The molecule has 0 radical (unpaired) electrons. The van der Waals surface area contributed by atoms with E-state index < -0.39 is 17.8 Å². The summed E-state index contributed by atoms with van der Waals surface area (Å²) in [5, 5.41) is 6.51. The maximum absolute atomic E-state index is 13.7. The third kappa shape index (κ3) is 4.35. The van der Waals surface area contributed by atoms with Crippen LogP contribution in [0.4, 0.5) is 13.2 Å². The van der Waals surface area contributed by atoms with E-state index in [2.05, 4.69) is 15.4 Å². The van der Waals surface area contributed by atoms with Crippen LogP contribution < -0.4 is 10.1 Å². The molecule has 4 aromatic rings. The minimum Gasteiger partial charge on any atom is -0.497 e. The van der Waals surface area contributed by atoms with Gasteiger partial charge in [0.15, 0.2) is 17.0 Å². The third-order valence-electron chi connectivity index (χ3n) is 4.63. The van der Waals surface area contributed by atoms with E-state index in [0.717, 1.165) is 11.6 Å². The molecule has 2 heterocycles. The normalized spacial score (nSPS) is 11.5. The highest BCUT2D eigenvalue weighted by Crippen LogP contribution is 2.32. The number of nitrogens with one attached hydrogen (secondary N) is 1. The van der Waals surface area contributed by atoms with Gasteiger partial charge in [-0.2, -0.15) is 18.3 Å². The Labute approximate surface area is 175 Å². The lowest BCUT2D eigenvalue weighted by molar-refractivity contribution is -0.142. The molecule has 31 heavy (non-hydrogen) atoms. The van der Waals surface area contributed by atoms with Gasteiger partial charge in [0.05, 0.1) is 12.8 Å². The van der Waals surface area contributed by atoms with Crippen molar-refractivity contribution in [2.45, 2.75) is 12.7 Å². The first-order valence-corrected chi connectivity index (χ1v) is 9.30. The number of aromatic nitrogens is 3. The molecule has 0 aliphatic carbocycles. The first-order chi connectivity index (χ1) is 14.8. The number of hydrogen-bond acceptors (Lipinski definition) is 4. The Hall–Kier alpha value is -3.88. The van der Waals surface area contributed by atoms with Gasteiger partial charge in [-0.1, -0.05) is 42.5 Å². The molecule has 0 saturated heterocycles. The van der Waals surface area contributed by atoms with Crippen molar-refractivity contribution in [1.82, 2.24) is 19.9 Å². The maximum atomic E-state index is 13.7. The molecular formula is C22H17F3N4O2. The number of hydrogen-bond donors (Lipinski definition) is 1.